The lowest BCUT2D eigenvalue weighted by atomic mass is 10.1. The number of anilines is 1. The Morgan fingerprint density at radius 2 is 2.40 bits per heavy atom. The van der Waals surface area contributed by atoms with Gasteiger partial charge < -0.3 is 4.90 Å². The van der Waals surface area contributed by atoms with Crippen molar-refractivity contribution in [1.29, 1.82) is 0 Å². The Kier molecular flexibility index (Phi) is 3.15. The Hall–Kier alpha value is -0.760. The summed E-state index contributed by atoms with van der Waals surface area (Å²) in [4.78, 5) is 6.76. The molecule has 0 spiro atoms. The first-order valence-electron chi connectivity index (χ1n) is 5.47. The van der Waals surface area contributed by atoms with Crippen LogP contribution < -0.4 is 4.90 Å². The Balaban J connectivity index is 2.23. The molecule has 15 heavy (non-hydrogen) atoms. The van der Waals surface area contributed by atoms with Crippen LogP contribution in [0.1, 0.15) is 18.9 Å². The minimum Gasteiger partial charge on any atom is -0.352 e. The van der Waals surface area contributed by atoms with E-state index in [-0.39, 0.29) is 0 Å². The molecule has 1 aromatic heterocycles. The number of alkyl halides is 1. The summed E-state index contributed by atoms with van der Waals surface area (Å²) in [7, 11) is 0. The van der Waals surface area contributed by atoms with Crippen LogP contribution >= 0.6 is 11.6 Å². The lowest BCUT2D eigenvalue weighted by molar-refractivity contribution is 0.548. The molecule has 0 bridgehead atoms. The summed E-state index contributed by atoms with van der Waals surface area (Å²) in [5.41, 5.74) is 1.26. The molecule has 3 heteroatoms. The van der Waals surface area contributed by atoms with E-state index in [0.29, 0.717) is 17.8 Å². The largest absolute Gasteiger partial charge is 0.352 e. The highest BCUT2D eigenvalue weighted by Gasteiger charge is 2.31. The number of halogens is 1. The number of hydrogen-bond donors (Lipinski definition) is 0. The van der Waals surface area contributed by atoms with Crippen LogP contribution in [0, 0.1) is 12.8 Å². The average Bonchev–Trinajstić information content (AvgIpc) is 2.59. The highest BCUT2D eigenvalue weighted by Crippen LogP contribution is 2.29. The van der Waals surface area contributed by atoms with Crippen LogP contribution in [-0.4, -0.2) is 23.5 Å². The molecule has 2 unspecified atom stereocenters. The van der Waals surface area contributed by atoms with Crippen molar-refractivity contribution >= 4 is 17.4 Å². The van der Waals surface area contributed by atoms with Gasteiger partial charge >= 0.3 is 0 Å². The van der Waals surface area contributed by atoms with E-state index in [1.165, 1.54) is 12.0 Å². The molecule has 1 aliphatic heterocycles. The summed E-state index contributed by atoms with van der Waals surface area (Å²) in [6, 6.07) is 4.61. The van der Waals surface area contributed by atoms with Gasteiger partial charge in [0.1, 0.15) is 5.82 Å². The van der Waals surface area contributed by atoms with Crippen LogP contribution in [0.2, 0.25) is 0 Å². The van der Waals surface area contributed by atoms with E-state index in [1.54, 1.807) is 0 Å². The van der Waals surface area contributed by atoms with Crippen molar-refractivity contribution in [3.8, 4) is 0 Å². The first-order chi connectivity index (χ1) is 7.22. The van der Waals surface area contributed by atoms with Crippen LogP contribution in [0.5, 0.6) is 0 Å². The van der Waals surface area contributed by atoms with Crippen LogP contribution in [0.15, 0.2) is 18.3 Å². The van der Waals surface area contributed by atoms with Gasteiger partial charge in [-0.2, -0.15) is 0 Å². The number of aromatic nitrogens is 1. The standard InChI is InChI=1S/C12H17ClN2/c1-9-3-5-14-12(7-9)15-6-4-10(2)11(15)8-13/h3,5,7,10-11H,4,6,8H2,1-2H3. The SMILES string of the molecule is Cc1ccnc(N2CCC(C)C2CCl)c1. The van der Waals surface area contributed by atoms with E-state index >= 15 is 0 Å². The lowest BCUT2D eigenvalue weighted by Crippen LogP contribution is -2.34. The van der Waals surface area contributed by atoms with Gasteiger partial charge in [0.05, 0.1) is 0 Å². The minimum atomic E-state index is 0.445. The smallest absolute Gasteiger partial charge is 0.129 e. The summed E-state index contributed by atoms with van der Waals surface area (Å²) in [6.45, 7) is 5.44. The van der Waals surface area contributed by atoms with Crippen LogP contribution in [0.25, 0.3) is 0 Å². The van der Waals surface area contributed by atoms with E-state index in [2.05, 4.69) is 29.8 Å². The van der Waals surface area contributed by atoms with Gasteiger partial charge in [-0.15, -0.1) is 11.6 Å². The zero-order valence-electron chi connectivity index (χ0n) is 9.28. The van der Waals surface area contributed by atoms with Gasteiger partial charge in [0, 0.05) is 24.7 Å². The number of rotatable bonds is 2. The summed E-state index contributed by atoms with van der Waals surface area (Å²) in [5, 5.41) is 0. The van der Waals surface area contributed by atoms with E-state index in [9.17, 15) is 0 Å². The first kappa shape index (κ1) is 10.7. The molecule has 0 N–H and O–H groups in total. The summed E-state index contributed by atoms with van der Waals surface area (Å²) >= 11 is 6.02. The maximum Gasteiger partial charge on any atom is 0.129 e. The molecule has 82 valence electrons. The fraction of sp³-hybridized carbons (Fsp3) is 0.583. The third-order valence-electron chi connectivity index (χ3n) is 3.24. The second-order valence-electron chi connectivity index (χ2n) is 4.37. The average molecular weight is 225 g/mol. The molecular formula is C12H17ClN2. The van der Waals surface area contributed by atoms with E-state index < -0.39 is 0 Å². The number of pyridine rings is 1. The van der Waals surface area contributed by atoms with Gasteiger partial charge in [-0.3, -0.25) is 0 Å². The van der Waals surface area contributed by atoms with Gasteiger partial charge in [0.25, 0.3) is 0 Å². The van der Waals surface area contributed by atoms with E-state index in [4.69, 9.17) is 11.6 Å². The maximum absolute atomic E-state index is 6.02. The zero-order valence-corrected chi connectivity index (χ0v) is 10.0. The quantitative estimate of drug-likeness (QED) is 0.719. The summed E-state index contributed by atoms with van der Waals surface area (Å²) < 4.78 is 0. The lowest BCUT2D eigenvalue weighted by Gasteiger charge is -2.26. The second-order valence-corrected chi connectivity index (χ2v) is 4.68. The summed E-state index contributed by atoms with van der Waals surface area (Å²) in [6.07, 6.45) is 3.09. The van der Waals surface area contributed by atoms with E-state index in [0.717, 1.165) is 12.4 Å². The zero-order chi connectivity index (χ0) is 10.8. The van der Waals surface area contributed by atoms with Gasteiger partial charge in [-0.25, -0.2) is 4.98 Å². The van der Waals surface area contributed by atoms with Crippen LogP contribution in [0.3, 0.4) is 0 Å². The van der Waals surface area contributed by atoms with Gasteiger partial charge in [-0.1, -0.05) is 6.92 Å². The van der Waals surface area contributed by atoms with Crippen molar-refractivity contribution in [1.82, 2.24) is 4.98 Å². The topological polar surface area (TPSA) is 16.1 Å². The third kappa shape index (κ3) is 2.10. The highest BCUT2D eigenvalue weighted by molar-refractivity contribution is 6.18. The summed E-state index contributed by atoms with van der Waals surface area (Å²) in [5.74, 6) is 2.44. The molecule has 2 atom stereocenters. The molecule has 0 saturated carbocycles. The van der Waals surface area contributed by atoms with Gasteiger partial charge in [-0.05, 0) is 37.0 Å². The highest BCUT2D eigenvalue weighted by atomic mass is 35.5. The monoisotopic (exact) mass is 224 g/mol. The Labute approximate surface area is 96.3 Å². The normalized spacial score (nSPS) is 25.9. The molecule has 0 amide bonds. The Bertz CT molecular complexity index is 340. The number of aryl methyl sites for hydroxylation is 1. The van der Waals surface area contributed by atoms with Crippen molar-refractivity contribution in [3.63, 3.8) is 0 Å². The van der Waals surface area contributed by atoms with Crippen molar-refractivity contribution in [2.24, 2.45) is 5.92 Å². The predicted octanol–water partition coefficient (Wildman–Crippen LogP) is 2.84. The predicted molar refractivity (Wildman–Crippen MR) is 64.6 cm³/mol. The molecule has 2 heterocycles. The maximum atomic E-state index is 6.02. The number of hydrogen-bond acceptors (Lipinski definition) is 2. The Morgan fingerprint density at radius 3 is 3.07 bits per heavy atom. The van der Waals surface area contributed by atoms with Crippen LogP contribution in [-0.2, 0) is 0 Å². The van der Waals surface area contributed by atoms with E-state index in [1.807, 2.05) is 12.3 Å². The molecule has 1 fully saturated rings. The molecular weight excluding hydrogens is 208 g/mol. The Morgan fingerprint density at radius 1 is 1.60 bits per heavy atom. The minimum absolute atomic E-state index is 0.445. The van der Waals surface area contributed by atoms with Crippen molar-refractivity contribution in [3.05, 3.63) is 23.9 Å². The molecule has 1 aromatic rings. The van der Waals surface area contributed by atoms with Crippen molar-refractivity contribution in [2.45, 2.75) is 26.3 Å². The number of nitrogens with zero attached hydrogens (tertiary/aromatic N) is 2. The molecule has 1 aliphatic rings. The van der Waals surface area contributed by atoms with Crippen molar-refractivity contribution < 1.29 is 0 Å². The van der Waals surface area contributed by atoms with Gasteiger partial charge in [0.2, 0.25) is 0 Å². The van der Waals surface area contributed by atoms with Gasteiger partial charge in [0.15, 0.2) is 0 Å². The molecule has 1 saturated heterocycles. The second kappa shape index (κ2) is 4.40. The first-order valence-corrected chi connectivity index (χ1v) is 6.01. The molecule has 0 aromatic carbocycles. The third-order valence-corrected chi connectivity index (χ3v) is 3.55. The molecule has 2 nitrogen and oxygen atoms in total. The fourth-order valence-electron chi connectivity index (χ4n) is 2.21. The van der Waals surface area contributed by atoms with Crippen molar-refractivity contribution in [2.75, 3.05) is 17.3 Å². The molecule has 2 rings (SSSR count). The molecule has 0 aliphatic carbocycles. The fourth-order valence-corrected chi connectivity index (χ4v) is 2.68. The van der Waals surface area contributed by atoms with Crippen LogP contribution in [0.4, 0.5) is 5.82 Å². The molecule has 0 radical (unpaired) electrons.